The van der Waals surface area contributed by atoms with Gasteiger partial charge >= 0.3 is 0 Å². The number of aryl methyl sites for hydroxylation is 1. The van der Waals surface area contributed by atoms with Crippen LogP contribution in [0.5, 0.6) is 5.75 Å². The summed E-state index contributed by atoms with van der Waals surface area (Å²) >= 11 is 0. The van der Waals surface area contributed by atoms with Crippen molar-refractivity contribution in [1.82, 2.24) is 10.6 Å². The Bertz CT molecular complexity index is 582. The highest BCUT2D eigenvalue weighted by atomic mass is 16.5. The zero-order valence-corrected chi connectivity index (χ0v) is 15.0. The molecule has 5 heteroatoms. The summed E-state index contributed by atoms with van der Waals surface area (Å²) in [4.78, 5) is 4.28. The van der Waals surface area contributed by atoms with E-state index in [1.54, 1.807) is 14.2 Å². The zero-order chi connectivity index (χ0) is 17.2. The lowest BCUT2D eigenvalue weighted by molar-refractivity contribution is 0.153. The third-order valence-electron chi connectivity index (χ3n) is 4.14. The van der Waals surface area contributed by atoms with Gasteiger partial charge in [0.2, 0.25) is 0 Å². The standard InChI is InChI=1S/C19H29N3O2/c1-15-4-5-18(23-3)17(14-15)7-11-22-19(20-2)21-10-6-16-8-12-24-13-9-16/h4-5,8,14H,6-7,9-13H2,1-3H3,(H2,20,21,22). The van der Waals surface area contributed by atoms with Crippen LogP contribution in [-0.4, -0.2) is 46.4 Å². The molecule has 2 N–H and O–H groups in total. The molecule has 0 unspecified atom stereocenters. The highest BCUT2D eigenvalue weighted by Gasteiger charge is 2.06. The molecule has 1 aromatic rings. The molecule has 0 bridgehead atoms. The SMILES string of the molecule is CN=C(NCCC1=CCOCC1)NCCc1cc(C)ccc1OC. The highest BCUT2D eigenvalue weighted by Crippen LogP contribution is 2.19. The van der Waals surface area contributed by atoms with Crippen LogP contribution in [-0.2, 0) is 11.2 Å². The first-order valence-electron chi connectivity index (χ1n) is 8.56. The summed E-state index contributed by atoms with van der Waals surface area (Å²) in [5.41, 5.74) is 3.93. The number of aliphatic imine (C=N–C) groups is 1. The van der Waals surface area contributed by atoms with Gasteiger partial charge in [0.25, 0.3) is 0 Å². The molecular formula is C19H29N3O2. The third kappa shape index (κ3) is 5.89. The quantitative estimate of drug-likeness (QED) is 0.458. The van der Waals surface area contributed by atoms with Crippen molar-refractivity contribution < 1.29 is 9.47 Å². The molecule has 0 atom stereocenters. The molecule has 1 aromatic carbocycles. The second-order valence-corrected chi connectivity index (χ2v) is 5.93. The number of guanidine groups is 1. The number of ether oxygens (including phenoxy) is 2. The van der Waals surface area contributed by atoms with E-state index in [1.165, 1.54) is 16.7 Å². The van der Waals surface area contributed by atoms with E-state index in [0.717, 1.165) is 57.3 Å². The summed E-state index contributed by atoms with van der Waals surface area (Å²) in [5.74, 6) is 1.78. The van der Waals surface area contributed by atoms with Crippen molar-refractivity contribution in [1.29, 1.82) is 0 Å². The van der Waals surface area contributed by atoms with Crippen molar-refractivity contribution in [3.05, 3.63) is 41.0 Å². The molecule has 0 saturated carbocycles. The summed E-state index contributed by atoms with van der Waals surface area (Å²) in [6, 6.07) is 6.27. The van der Waals surface area contributed by atoms with Crippen LogP contribution in [0.4, 0.5) is 0 Å². The molecule has 132 valence electrons. The third-order valence-corrected chi connectivity index (χ3v) is 4.14. The molecule has 0 aliphatic carbocycles. The largest absolute Gasteiger partial charge is 0.496 e. The van der Waals surface area contributed by atoms with Crippen molar-refractivity contribution in [3.63, 3.8) is 0 Å². The Morgan fingerprint density at radius 3 is 2.71 bits per heavy atom. The Morgan fingerprint density at radius 2 is 2.04 bits per heavy atom. The van der Waals surface area contributed by atoms with E-state index in [1.807, 2.05) is 6.07 Å². The molecule has 0 fully saturated rings. The molecule has 5 nitrogen and oxygen atoms in total. The fraction of sp³-hybridized carbons (Fsp3) is 0.526. The lowest BCUT2D eigenvalue weighted by atomic mass is 10.1. The summed E-state index contributed by atoms with van der Waals surface area (Å²) in [5, 5.41) is 6.73. The molecule has 0 aromatic heterocycles. The van der Waals surface area contributed by atoms with Gasteiger partial charge in [-0.25, -0.2) is 0 Å². The van der Waals surface area contributed by atoms with E-state index < -0.39 is 0 Å². The van der Waals surface area contributed by atoms with Crippen LogP contribution < -0.4 is 15.4 Å². The maximum absolute atomic E-state index is 5.43. The minimum Gasteiger partial charge on any atom is -0.496 e. The van der Waals surface area contributed by atoms with Crippen LogP contribution in [0.3, 0.4) is 0 Å². The van der Waals surface area contributed by atoms with Crippen LogP contribution in [0, 0.1) is 6.92 Å². The van der Waals surface area contributed by atoms with Gasteiger partial charge in [-0.1, -0.05) is 29.3 Å². The van der Waals surface area contributed by atoms with Gasteiger partial charge in [-0.3, -0.25) is 4.99 Å². The van der Waals surface area contributed by atoms with Crippen molar-refractivity contribution in [2.75, 3.05) is 40.5 Å². The van der Waals surface area contributed by atoms with Gasteiger partial charge in [0.15, 0.2) is 5.96 Å². The van der Waals surface area contributed by atoms with Gasteiger partial charge in [0.1, 0.15) is 5.75 Å². The van der Waals surface area contributed by atoms with E-state index >= 15 is 0 Å². The normalized spacial score (nSPS) is 15.0. The Kier molecular flexibility index (Phi) is 7.62. The predicted molar refractivity (Wildman–Crippen MR) is 98.9 cm³/mol. The molecule has 0 amide bonds. The Labute approximate surface area is 145 Å². The second-order valence-electron chi connectivity index (χ2n) is 5.93. The van der Waals surface area contributed by atoms with Crippen molar-refractivity contribution in [3.8, 4) is 5.75 Å². The second kappa shape index (κ2) is 9.98. The van der Waals surface area contributed by atoms with Gasteiger partial charge in [-0.15, -0.1) is 0 Å². The molecular weight excluding hydrogens is 302 g/mol. The van der Waals surface area contributed by atoms with Gasteiger partial charge in [0, 0.05) is 20.1 Å². The molecule has 2 rings (SSSR count). The maximum Gasteiger partial charge on any atom is 0.190 e. The zero-order valence-electron chi connectivity index (χ0n) is 15.0. The lowest BCUT2D eigenvalue weighted by Crippen LogP contribution is -2.38. The van der Waals surface area contributed by atoms with Crippen molar-refractivity contribution in [2.45, 2.75) is 26.2 Å². The van der Waals surface area contributed by atoms with E-state index in [4.69, 9.17) is 9.47 Å². The minimum absolute atomic E-state index is 0.751. The fourth-order valence-electron chi connectivity index (χ4n) is 2.77. The average molecular weight is 331 g/mol. The fourth-order valence-corrected chi connectivity index (χ4v) is 2.77. The van der Waals surface area contributed by atoms with E-state index in [-0.39, 0.29) is 0 Å². The topological polar surface area (TPSA) is 54.9 Å². The first-order chi connectivity index (χ1) is 11.7. The summed E-state index contributed by atoms with van der Waals surface area (Å²) < 4.78 is 10.8. The van der Waals surface area contributed by atoms with E-state index in [9.17, 15) is 0 Å². The molecule has 0 spiro atoms. The van der Waals surface area contributed by atoms with Crippen LogP contribution in [0.25, 0.3) is 0 Å². The van der Waals surface area contributed by atoms with Crippen molar-refractivity contribution >= 4 is 5.96 Å². The summed E-state index contributed by atoms with van der Waals surface area (Å²) in [6.45, 7) is 5.40. The average Bonchev–Trinajstić information content (AvgIpc) is 2.61. The van der Waals surface area contributed by atoms with Gasteiger partial charge in [-0.2, -0.15) is 0 Å². The molecule has 1 aliphatic heterocycles. The summed E-state index contributed by atoms with van der Waals surface area (Å²) in [7, 11) is 3.52. The van der Waals surface area contributed by atoms with Crippen LogP contribution >= 0.6 is 0 Å². The number of nitrogens with zero attached hydrogens (tertiary/aromatic N) is 1. The van der Waals surface area contributed by atoms with Crippen LogP contribution in [0.2, 0.25) is 0 Å². The number of hydrogen-bond donors (Lipinski definition) is 2. The number of nitrogens with one attached hydrogen (secondary N) is 2. The molecule has 0 radical (unpaired) electrons. The van der Waals surface area contributed by atoms with Gasteiger partial charge < -0.3 is 20.1 Å². The Hall–Kier alpha value is -2.01. The predicted octanol–water partition coefficient (Wildman–Crippen LogP) is 2.45. The highest BCUT2D eigenvalue weighted by molar-refractivity contribution is 5.79. The number of methoxy groups -OCH3 is 1. The number of benzene rings is 1. The maximum atomic E-state index is 5.43. The monoisotopic (exact) mass is 331 g/mol. The van der Waals surface area contributed by atoms with Crippen LogP contribution in [0.15, 0.2) is 34.8 Å². The number of rotatable bonds is 7. The first-order valence-corrected chi connectivity index (χ1v) is 8.56. The molecule has 0 saturated heterocycles. The summed E-state index contributed by atoms with van der Waals surface area (Å²) in [6.07, 6.45) is 5.16. The van der Waals surface area contributed by atoms with Gasteiger partial charge in [0.05, 0.1) is 20.3 Å². The Morgan fingerprint density at radius 1 is 1.25 bits per heavy atom. The smallest absolute Gasteiger partial charge is 0.190 e. The van der Waals surface area contributed by atoms with E-state index in [2.05, 4.69) is 40.8 Å². The number of hydrogen-bond acceptors (Lipinski definition) is 3. The first kappa shape index (κ1) is 18.3. The van der Waals surface area contributed by atoms with Crippen molar-refractivity contribution in [2.24, 2.45) is 4.99 Å². The Balaban J connectivity index is 1.73. The lowest BCUT2D eigenvalue weighted by Gasteiger charge is -2.16. The van der Waals surface area contributed by atoms with E-state index in [0.29, 0.717) is 0 Å². The van der Waals surface area contributed by atoms with Gasteiger partial charge in [-0.05, 0) is 37.8 Å². The molecule has 1 heterocycles. The van der Waals surface area contributed by atoms with Crippen LogP contribution in [0.1, 0.15) is 24.0 Å². The minimum atomic E-state index is 0.751. The molecule has 1 aliphatic rings. The molecule has 24 heavy (non-hydrogen) atoms.